The summed E-state index contributed by atoms with van der Waals surface area (Å²) < 4.78 is 20.8. The quantitative estimate of drug-likeness (QED) is 0.407. The van der Waals surface area contributed by atoms with Gasteiger partial charge in [-0.1, -0.05) is 0 Å². The lowest BCUT2D eigenvalue weighted by molar-refractivity contribution is -0.142. The van der Waals surface area contributed by atoms with Crippen LogP contribution in [0.3, 0.4) is 0 Å². The summed E-state index contributed by atoms with van der Waals surface area (Å²) in [6.07, 6.45) is 1.73. The molecular weight excluding hydrogens is 358 g/mol. The van der Waals surface area contributed by atoms with Crippen LogP contribution in [0.4, 0.5) is 5.13 Å². The molecular formula is C17H21N3O5S. The number of aromatic nitrogens is 1. The first kappa shape index (κ1) is 19.5. The van der Waals surface area contributed by atoms with Gasteiger partial charge in [0.1, 0.15) is 5.75 Å². The van der Waals surface area contributed by atoms with Gasteiger partial charge in [-0.05, 0) is 13.0 Å². The fraction of sp³-hybridized carbons (Fsp3) is 0.353. The number of rotatable bonds is 9. The Morgan fingerprint density at radius 3 is 2.54 bits per heavy atom. The molecule has 26 heavy (non-hydrogen) atoms. The van der Waals surface area contributed by atoms with Crippen molar-refractivity contribution < 1.29 is 23.7 Å². The molecule has 2 rings (SSSR count). The van der Waals surface area contributed by atoms with Crippen LogP contribution in [-0.2, 0) is 16.0 Å². The van der Waals surface area contributed by atoms with E-state index in [4.69, 9.17) is 18.9 Å². The minimum absolute atomic E-state index is 0.138. The van der Waals surface area contributed by atoms with Crippen molar-refractivity contribution >= 4 is 28.7 Å². The van der Waals surface area contributed by atoms with Crippen molar-refractivity contribution in [2.24, 2.45) is 5.10 Å². The molecule has 1 aromatic carbocycles. The van der Waals surface area contributed by atoms with Crippen molar-refractivity contribution in [2.45, 2.75) is 13.3 Å². The van der Waals surface area contributed by atoms with E-state index in [0.29, 0.717) is 40.2 Å². The van der Waals surface area contributed by atoms with Crippen LogP contribution in [0.1, 0.15) is 18.2 Å². The average Bonchev–Trinajstić information content (AvgIpc) is 3.08. The highest BCUT2D eigenvalue weighted by molar-refractivity contribution is 7.13. The van der Waals surface area contributed by atoms with E-state index in [1.165, 1.54) is 11.3 Å². The number of methoxy groups -OCH3 is 3. The molecule has 0 fully saturated rings. The minimum Gasteiger partial charge on any atom is -0.496 e. The molecule has 0 aliphatic rings. The van der Waals surface area contributed by atoms with E-state index in [1.54, 1.807) is 52.0 Å². The zero-order valence-corrected chi connectivity index (χ0v) is 15.9. The zero-order chi connectivity index (χ0) is 18.9. The van der Waals surface area contributed by atoms with Crippen LogP contribution in [-0.4, -0.2) is 45.1 Å². The van der Waals surface area contributed by atoms with Crippen LogP contribution in [0.5, 0.6) is 17.2 Å². The van der Waals surface area contributed by atoms with Gasteiger partial charge in [0.05, 0.1) is 46.3 Å². The second kappa shape index (κ2) is 9.62. The Kier molecular flexibility index (Phi) is 7.22. The first-order chi connectivity index (χ1) is 12.6. The maximum absolute atomic E-state index is 11.5. The Balaban J connectivity index is 2.06. The van der Waals surface area contributed by atoms with Gasteiger partial charge < -0.3 is 18.9 Å². The Labute approximate surface area is 155 Å². The van der Waals surface area contributed by atoms with Gasteiger partial charge in [-0.15, -0.1) is 11.3 Å². The number of carbonyl (C=O) groups excluding carboxylic acids is 1. The highest BCUT2D eigenvalue weighted by Gasteiger charge is 2.11. The molecule has 1 heterocycles. The number of carbonyl (C=O) groups is 1. The van der Waals surface area contributed by atoms with Gasteiger partial charge in [0.2, 0.25) is 5.13 Å². The van der Waals surface area contributed by atoms with Crippen LogP contribution < -0.4 is 19.6 Å². The van der Waals surface area contributed by atoms with Gasteiger partial charge in [-0.3, -0.25) is 10.2 Å². The molecule has 2 aromatic rings. The summed E-state index contributed by atoms with van der Waals surface area (Å²) in [7, 11) is 4.68. The second-order valence-corrected chi connectivity index (χ2v) is 5.80. The monoisotopic (exact) mass is 379 g/mol. The standard InChI is InChI=1S/C17H21N3O5S/c1-5-25-16(21)7-12-10-26-17(19-12)20-18-9-11-6-14(23-3)15(24-4)8-13(11)22-2/h6,8-10H,5,7H2,1-4H3,(H,19,20)/b18-9-. The topological polar surface area (TPSA) is 91.3 Å². The van der Waals surface area contributed by atoms with E-state index >= 15 is 0 Å². The molecule has 0 amide bonds. The van der Waals surface area contributed by atoms with Gasteiger partial charge in [0.15, 0.2) is 11.5 Å². The Hall–Kier alpha value is -2.81. The summed E-state index contributed by atoms with van der Waals surface area (Å²) in [4.78, 5) is 15.7. The first-order valence-electron chi connectivity index (χ1n) is 7.80. The van der Waals surface area contributed by atoms with Crippen molar-refractivity contribution in [3.8, 4) is 17.2 Å². The number of nitrogens with zero attached hydrogens (tertiary/aromatic N) is 2. The molecule has 1 aromatic heterocycles. The third-order valence-corrected chi connectivity index (χ3v) is 4.08. The summed E-state index contributed by atoms with van der Waals surface area (Å²) in [5, 5.41) is 6.51. The number of hydrogen-bond acceptors (Lipinski definition) is 9. The Morgan fingerprint density at radius 2 is 1.88 bits per heavy atom. The highest BCUT2D eigenvalue weighted by Crippen LogP contribution is 2.33. The van der Waals surface area contributed by atoms with E-state index in [1.807, 2.05) is 0 Å². The number of esters is 1. The summed E-state index contributed by atoms with van der Waals surface area (Å²) >= 11 is 1.35. The average molecular weight is 379 g/mol. The van der Waals surface area contributed by atoms with E-state index in [0.717, 1.165) is 0 Å². The van der Waals surface area contributed by atoms with Crippen molar-refractivity contribution in [1.82, 2.24) is 4.98 Å². The molecule has 0 unspecified atom stereocenters. The van der Waals surface area contributed by atoms with Crippen molar-refractivity contribution in [3.05, 3.63) is 28.8 Å². The van der Waals surface area contributed by atoms with Gasteiger partial charge in [0.25, 0.3) is 0 Å². The first-order valence-corrected chi connectivity index (χ1v) is 8.68. The molecule has 0 atom stereocenters. The smallest absolute Gasteiger partial charge is 0.311 e. The van der Waals surface area contributed by atoms with Gasteiger partial charge in [-0.2, -0.15) is 5.10 Å². The number of thiazole rings is 1. The molecule has 8 nitrogen and oxygen atoms in total. The normalized spacial score (nSPS) is 10.6. The number of benzene rings is 1. The molecule has 0 radical (unpaired) electrons. The van der Waals surface area contributed by atoms with Gasteiger partial charge >= 0.3 is 5.97 Å². The van der Waals surface area contributed by atoms with Crippen LogP contribution in [0.2, 0.25) is 0 Å². The van der Waals surface area contributed by atoms with Crippen molar-refractivity contribution in [1.29, 1.82) is 0 Å². The van der Waals surface area contributed by atoms with E-state index in [2.05, 4.69) is 15.5 Å². The molecule has 140 valence electrons. The van der Waals surface area contributed by atoms with E-state index in [9.17, 15) is 4.79 Å². The number of hydrazone groups is 1. The number of anilines is 1. The lowest BCUT2D eigenvalue weighted by Gasteiger charge is -2.11. The number of nitrogens with one attached hydrogen (secondary N) is 1. The van der Waals surface area contributed by atoms with Gasteiger partial charge in [0, 0.05) is 17.0 Å². The summed E-state index contributed by atoms with van der Waals surface area (Å²) in [5.41, 5.74) is 4.18. The third-order valence-electron chi connectivity index (χ3n) is 3.28. The fourth-order valence-electron chi connectivity index (χ4n) is 2.11. The maximum atomic E-state index is 11.5. The predicted octanol–water partition coefficient (Wildman–Crippen LogP) is 2.72. The van der Waals surface area contributed by atoms with E-state index < -0.39 is 0 Å². The molecule has 0 bridgehead atoms. The van der Waals surface area contributed by atoms with Crippen LogP contribution in [0.25, 0.3) is 0 Å². The number of ether oxygens (including phenoxy) is 4. The zero-order valence-electron chi connectivity index (χ0n) is 15.1. The predicted molar refractivity (Wildman–Crippen MR) is 99.8 cm³/mol. The van der Waals surface area contributed by atoms with Crippen molar-refractivity contribution in [2.75, 3.05) is 33.4 Å². The molecule has 1 N–H and O–H groups in total. The number of hydrogen-bond donors (Lipinski definition) is 1. The molecule has 0 aliphatic heterocycles. The SMILES string of the molecule is CCOC(=O)Cc1csc(N/N=C\c2cc(OC)c(OC)cc2OC)n1. The highest BCUT2D eigenvalue weighted by atomic mass is 32.1. The van der Waals surface area contributed by atoms with Crippen LogP contribution >= 0.6 is 11.3 Å². The second-order valence-electron chi connectivity index (χ2n) is 4.94. The third kappa shape index (κ3) is 5.09. The molecule has 0 saturated carbocycles. The lowest BCUT2D eigenvalue weighted by atomic mass is 10.2. The Bertz CT molecular complexity index is 776. The Morgan fingerprint density at radius 1 is 1.19 bits per heavy atom. The summed E-state index contributed by atoms with van der Waals surface area (Å²) in [6, 6.07) is 3.48. The minimum atomic E-state index is -0.303. The largest absolute Gasteiger partial charge is 0.496 e. The fourth-order valence-corrected chi connectivity index (χ4v) is 2.77. The molecule has 0 spiro atoms. The molecule has 9 heteroatoms. The lowest BCUT2D eigenvalue weighted by Crippen LogP contribution is -2.07. The van der Waals surface area contributed by atoms with E-state index in [-0.39, 0.29) is 12.4 Å². The summed E-state index contributed by atoms with van der Waals surface area (Å²) in [6.45, 7) is 2.12. The van der Waals surface area contributed by atoms with Crippen LogP contribution in [0.15, 0.2) is 22.6 Å². The maximum Gasteiger partial charge on any atom is 0.311 e. The summed E-state index contributed by atoms with van der Waals surface area (Å²) in [5.74, 6) is 1.43. The van der Waals surface area contributed by atoms with Crippen LogP contribution in [0, 0.1) is 0 Å². The molecule has 0 aliphatic carbocycles. The van der Waals surface area contributed by atoms with Gasteiger partial charge in [-0.25, -0.2) is 4.98 Å². The molecule has 0 saturated heterocycles. The van der Waals surface area contributed by atoms with Crippen molar-refractivity contribution in [3.63, 3.8) is 0 Å².